The van der Waals surface area contributed by atoms with E-state index in [0.717, 1.165) is 0 Å². The van der Waals surface area contributed by atoms with Gasteiger partial charge in [-0.3, -0.25) is 9.78 Å². The zero-order valence-electron chi connectivity index (χ0n) is 7.00. The van der Waals surface area contributed by atoms with Crippen LogP contribution in [-0.4, -0.2) is 9.97 Å². The van der Waals surface area contributed by atoms with Gasteiger partial charge in [0.15, 0.2) is 0 Å². The van der Waals surface area contributed by atoms with E-state index < -0.39 is 11.2 Å². The van der Waals surface area contributed by atoms with Gasteiger partial charge >= 0.3 is 5.69 Å². The van der Waals surface area contributed by atoms with E-state index in [1.54, 1.807) is 12.1 Å². The highest BCUT2D eigenvalue weighted by Gasteiger charge is 2.04. The van der Waals surface area contributed by atoms with Gasteiger partial charge in [-0.15, -0.1) is 0 Å². The van der Waals surface area contributed by atoms with Crippen molar-refractivity contribution in [1.82, 2.24) is 9.97 Å². The van der Waals surface area contributed by atoms with Crippen LogP contribution in [0.5, 0.6) is 0 Å². The highest BCUT2D eigenvalue weighted by molar-refractivity contribution is 5.83. The SMILES string of the molecule is N#Cc1cccc2[nH]c(=O)[nH]c(=O)c12. The predicted octanol–water partition coefficient (Wildman–Crippen LogP) is 0.0881. The van der Waals surface area contributed by atoms with Gasteiger partial charge in [-0.2, -0.15) is 5.26 Å². The highest BCUT2D eigenvalue weighted by Crippen LogP contribution is 2.09. The monoisotopic (exact) mass is 187 g/mol. The van der Waals surface area contributed by atoms with Crippen molar-refractivity contribution in [2.45, 2.75) is 0 Å². The van der Waals surface area contributed by atoms with Crippen LogP contribution < -0.4 is 11.2 Å². The number of aromatic amines is 2. The summed E-state index contributed by atoms with van der Waals surface area (Å²) in [6, 6.07) is 6.60. The Balaban J connectivity index is 3.12. The molecule has 5 nitrogen and oxygen atoms in total. The largest absolute Gasteiger partial charge is 0.326 e. The molecule has 0 bridgehead atoms. The molecule has 1 aromatic heterocycles. The van der Waals surface area contributed by atoms with Crippen LogP contribution >= 0.6 is 0 Å². The molecule has 2 N–H and O–H groups in total. The molecular formula is C9H5N3O2. The molecule has 1 aromatic carbocycles. The molecule has 0 aliphatic rings. The molecule has 5 heteroatoms. The highest BCUT2D eigenvalue weighted by atomic mass is 16.2. The first-order chi connectivity index (χ1) is 6.72. The number of nitrogens with one attached hydrogen (secondary N) is 2. The quantitative estimate of drug-likeness (QED) is 0.612. The first-order valence-electron chi connectivity index (χ1n) is 3.88. The first-order valence-corrected chi connectivity index (χ1v) is 3.88. The van der Waals surface area contributed by atoms with Crippen molar-refractivity contribution in [2.24, 2.45) is 0 Å². The van der Waals surface area contributed by atoms with Crippen LogP contribution in [0.3, 0.4) is 0 Å². The minimum Gasteiger partial charge on any atom is -0.307 e. The summed E-state index contributed by atoms with van der Waals surface area (Å²) in [4.78, 5) is 26.8. The molecule has 0 fully saturated rings. The van der Waals surface area contributed by atoms with Gasteiger partial charge in [0.05, 0.1) is 16.5 Å². The Labute approximate surface area is 77.6 Å². The van der Waals surface area contributed by atoms with Gasteiger partial charge in [0, 0.05) is 0 Å². The standard InChI is InChI=1S/C9H5N3O2/c10-4-5-2-1-3-6-7(5)8(13)12-9(14)11-6/h1-3H,(H2,11,12,13,14). The number of aromatic nitrogens is 2. The first kappa shape index (κ1) is 8.26. The third-order valence-electron chi connectivity index (χ3n) is 1.89. The van der Waals surface area contributed by atoms with Gasteiger partial charge in [0.25, 0.3) is 5.56 Å². The lowest BCUT2D eigenvalue weighted by Gasteiger charge is -1.96. The minimum absolute atomic E-state index is 0.217. The van der Waals surface area contributed by atoms with Crippen molar-refractivity contribution >= 4 is 10.9 Å². The summed E-state index contributed by atoms with van der Waals surface area (Å²) in [5, 5.41) is 8.95. The van der Waals surface area contributed by atoms with Crippen molar-refractivity contribution in [3.63, 3.8) is 0 Å². The third-order valence-corrected chi connectivity index (χ3v) is 1.89. The van der Waals surface area contributed by atoms with E-state index in [1.165, 1.54) is 6.07 Å². The lowest BCUT2D eigenvalue weighted by atomic mass is 10.1. The van der Waals surface area contributed by atoms with Crippen molar-refractivity contribution in [2.75, 3.05) is 0 Å². The van der Waals surface area contributed by atoms with Gasteiger partial charge in [0.2, 0.25) is 0 Å². The van der Waals surface area contributed by atoms with Crippen LogP contribution in [0, 0.1) is 11.3 Å². The Kier molecular flexibility index (Phi) is 1.68. The van der Waals surface area contributed by atoms with E-state index in [9.17, 15) is 9.59 Å². The molecule has 0 radical (unpaired) electrons. The Bertz CT molecular complexity index is 645. The summed E-state index contributed by atoms with van der Waals surface area (Å²) < 4.78 is 0. The molecule has 0 spiro atoms. The van der Waals surface area contributed by atoms with Crippen LogP contribution in [0.1, 0.15) is 5.56 Å². The Hall–Kier alpha value is -2.35. The summed E-state index contributed by atoms with van der Waals surface area (Å²) in [7, 11) is 0. The lowest BCUT2D eigenvalue weighted by Crippen LogP contribution is -2.22. The van der Waals surface area contributed by atoms with Crippen LogP contribution in [0.15, 0.2) is 27.8 Å². The minimum atomic E-state index is -0.572. The van der Waals surface area contributed by atoms with Crippen LogP contribution in [0.2, 0.25) is 0 Å². The molecule has 0 amide bonds. The second kappa shape index (κ2) is 2.85. The van der Waals surface area contributed by atoms with Crippen molar-refractivity contribution < 1.29 is 0 Å². The summed E-state index contributed by atoms with van der Waals surface area (Å²) in [6.07, 6.45) is 0. The van der Waals surface area contributed by atoms with Crippen molar-refractivity contribution in [1.29, 1.82) is 5.26 Å². The fourth-order valence-electron chi connectivity index (χ4n) is 1.31. The molecule has 1 heterocycles. The number of nitriles is 1. The molecule has 0 unspecified atom stereocenters. The maximum absolute atomic E-state index is 11.4. The summed E-state index contributed by atoms with van der Waals surface area (Å²) in [6.45, 7) is 0. The smallest absolute Gasteiger partial charge is 0.307 e. The topological polar surface area (TPSA) is 89.5 Å². The predicted molar refractivity (Wildman–Crippen MR) is 49.9 cm³/mol. The number of hydrogen-bond acceptors (Lipinski definition) is 3. The normalized spacial score (nSPS) is 9.93. The van der Waals surface area contributed by atoms with Gasteiger partial charge in [-0.05, 0) is 12.1 Å². The van der Waals surface area contributed by atoms with E-state index >= 15 is 0 Å². The summed E-state index contributed by atoms with van der Waals surface area (Å²) in [5.41, 5.74) is -0.490. The summed E-state index contributed by atoms with van der Waals surface area (Å²) >= 11 is 0. The maximum atomic E-state index is 11.4. The molecule has 0 aliphatic heterocycles. The van der Waals surface area contributed by atoms with E-state index in [0.29, 0.717) is 5.52 Å². The fourth-order valence-corrected chi connectivity index (χ4v) is 1.31. The molecule has 0 saturated carbocycles. The van der Waals surface area contributed by atoms with Crippen LogP contribution in [0.25, 0.3) is 10.9 Å². The third kappa shape index (κ3) is 1.10. The van der Waals surface area contributed by atoms with E-state index in [2.05, 4.69) is 9.97 Å². The molecule has 68 valence electrons. The second-order valence-corrected chi connectivity index (χ2v) is 2.75. The number of H-pyrrole nitrogens is 2. The van der Waals surface area contributed by atoms with E-state index in [1.807, 2.05) is 6.07 Å². The average molecular weight is 187 g/mol. The van der Waals surface area contributed by atoms with Crippen molar-refractivity contribution in [3.8, 4) is 6.07 Å². The Morgan fingerprint density at radius 1 is 1.21 bits per heavy atom. The van der Waals surface area contributed by atoms with E-state index in [-0.39, 0.29) is 10.9 Å². The molecule has 0 aliphatic carbocycles. The Morgan fingerprint density at radius 3 is 2.71 bits per heavy atom. The fraction of sp³-hybridized carbons (Fsp3) is 0. The van der Waals surface area contributed by atoms with Gasteiger partial charge in [-0.25, -0.2) is 4.79 Å². The molecule has 14 heavy (non-hydrogen) atoms. The zero-order chi connectivity index (χ0) is 10.1. The number of fused-ring (bicyclic) bond motifs is 1. The van der Waals surface area contributed by atoms with Crippen molar-refractivity contribution in [3.05, 3.63) is 44.6 Å². The maximum Gasteiger partial charge on any atom is 0.326 e. The number of benzene rings is 1. The Morgan fingerprint density at radius 2 is 2.00 bits per heavy atom. The summed E-state index contributed by atoms with van der Waals surface area (Å²) in [5.74, 6) is 0. The van der Waals surface area contributed by atoms with Gasteiger partial charge < -0.3 is 4.98 Å². The lowest BCUT2D eigenvalue weighted by molar-refractivity contribution is 1.08. The molecular weight excluding hydrogens is 182 g/mol. The molecule has 0 saturated heterocycles. The van der Waals surface area contributed by atoms with Gasteiger partial charge in [0.1, 0.15) is 6.07 Å². The average Bonchev–Trinajstić information content (AvgIpc) is 2.16. The van der Waals surface area contributed by atoms with Gasteiger partial charge in [-0.1, -0.05) is 6.07 Å². The van der Waals surface area contributed by atoms with Crippen LogP contribution in [-0.2, 0) is 0 Å². The number of rotatable bonds is 0. The molecule has 0 atom stereocenters. The second-order valence-electron chi connectivity index (χ2n) is 2.75. The zero-order valence-corrected chi connectivity index (χ0v) is 7.00. The molecule has 2 rings (SSSR count). The number of hydrogen-bond donors (Lipinski definition) is 2. The molecule has 2 aromatic rings. The number of nitrogens with zero attached hydrogens (tertiary/aromatic N) is 1. The van der Waals surface area contributed by atoms with Crippen LogP contribution in [0.4, 0.5) is 0 Å². The van der Waals surface area contributed by atoms with E-state index in [4.69, 9.17) is 5.26 Å².